The maximum absolute atomic E-state index is 16.0. The molecule has 6 heteroatoms. The van der Waals surface area contributed by atoms with Crippen molar-refractivity contribution in [1.29, 1.82) is 0 Å². The molecule has 0 radical (unpaired) electrons. The van der Waals surface area contributed by atoms with E-state index in [0.29, 0.717) is 0 Å². The first kappa shape index (κ1) is 27.0. The molecule has 7 aromatic carbocycles. The van der Waals surface area contributed by atoms with Crippen LogP contribution in [0.5, 0.6) is 0 Å². The van der Waals surface area contributed by atoms with E-state index in [4.69, 9.17) is 0 Å². The molecule has 10 rings (SSSR count). The number of nitrogens with zero attached hydrogens (tertiary/aromatic N) is 3. The largest absolute Gasteiger partial charge is 0.310 e. The van der Waals surface area contributed by atoms with Gasteiger partial charge in [0.15, 0.2) is 0 Å². The molecule has 0 fully saturated rings. The molecular weight excluding hydrogens is 595 g/mol. The van der Waals surface area contributed by atoms with Crippen molar-refractivity contribution in [3.63, 3.8) is 0 Å². The second-order valence-electron chi connectivity index (χ2n) is 12.4. The number of fused-ring (bicyclic) bond motifs is 7. The van der Waals surface area contributed by atoms with Gasteiger partial charge < -0.3 is 14.4 Å². The third-order valence-electron chi connectivity index (χ3n) is 9.88. The van der Waals surface area contributed by atoms with Crippen molar-refractivity contribution in [3.05, 3.63) is 169 Å². The summed E-state index contributed by atoms with van der Waals surface area (Å²) < 4.78 is 34.3. The fourth-order valence-corrected chi connectivity index (χ4v) is 8.02. The second kappa shape index (κ2) is 10.2. The Morgan fingerprint density at radius 3 is 1.85 bits per heavy atom. The second-order valence-corrected chi connectivity index (χ2v) is 12.4. The van der Waals surface area contributed by atoms with Crippen molar-refractivity contribution in [2.24, 2.45) is 0 Å². The van der Waals surface area contributed by atoms with Crippen LogP contribution in [0.25, 0.3) is 27.5 Å². The molecule has 0 spiro atoms. The smallest absolute Gasteiger partial charge is 0.252 e. The predicted molar refractivity (Wildman–Crippen MR) is 195 cm³/mol. The Morgan fingerprint density at radius 2 is 1.10 bits per heavy atom. The number of para-hydroxylation sites is 5. The standard InChI is InChI=1S/C42H26BF2N3/c44-34-19-10-20-35(45)42(34)48-38-23-11-22-37-40(38)43(33-18-9-17-31-30-16-7-8-21-36(30)47(37)41(31)33)32-25-24-29(26-39(32)48)46(27-12-3-1-4-13-27)28-14-5-2-6-15-28/h1-26H. The summed E-state index contributed by atoms with van der Waals surface area (Å²) in [6.45, 7) is -0.145. The Labute approximate surface area is 276 Å². The summed E-state index contributed by atoms with van der Waals surface area (Å²) in [5, 5.41) is 2.37. The summed E-state index contributed by atoms with van der Waals surface area (Å²) in [5.41, 5.74) is 10.8. The molecule has 0 atom stereocenters. The van der Waals surface area contributed by atoms with Crippen molar-refractivity contribution in [2.75, 3.05) is 9.80 Å². The van der Waals surface area contributed by atoms with E-state index in [1.165, 1.54) is 40.0 Å². The number of hydrogen-bond acceptors (Lipinski definition) is 2. The molecular formula is C42H26BF2N3. The molecule has 2 aliphatic rings. The van der Waals surface area contributed by atoms with E-state index in [0.717, 1.165) is 50.6 Å². The molecule has 3 heterocycles. The van der Waals surface area contributed by atoms with E-state index in [2.05, 4.69) is 100 Å². The Balaban J connectivity index is 1.31. The molecule has 0 bridgehead atoms. The molecule has 3 nitrogen and oxygen atoms in total. The lowest BCUT2D eigenvalue weighted by atomic mass is 9.34. The number of benzene rings is 7. The van der Waals surface area contributed by atoms with Crippen molar-refractivity contribution in [1.82, 2.24) is 4.57 Å². The van der Waals surface area contributed by atoms with Crippen LogP contribution < -0.4 is 26.2 Å². The van der Waals surface area contributed by atoms with E-state index >= 15 is 8.78 Å². The van der Waals surface area contributed by atoms with Crippen LogP contribution >= 0.6 is 0 Å². The average Bonchev–Trinajstić information content (AvgIpc) is 3.47. The number of halogens is 2. The molecule has 0 unspecified atom stereocenters. The minimum atomic E-state index is -0.615. The van der Waals surface area contributed by atoms with Crippen LogP contribution in [0.3, 0.4) is 0 Å². The Kier molecular flexibility index (Phi) is 5.73. The summed E-state index contributed by atoms with van der Waals surface area (Å²) in [5.74, 6) is -1.23. The molecule has 8 aromatic rings. The highest BCUT2D eigenvalue weighted by molar-refractivity contribution is 7.00. The van der Waals surface area contributed by atoms with Gasteiger partial charge in [-0.1, -0.05) is 91.0 Å². The van der Waals surface area contributed by atoms with E-state index in [1.54, 1.807) is 4.90 Å². The van der Waals surface area contributed by atoms with Gasteiger partial charge >= 0.3 is 0 Å². The summed E-state index contributed by atoms with van der Waals surface area (Å²) >= 11 is 0. The summed E-state index contributed by atoms with van der Waals surface area (Å²) in [7, 11) is 0. The van der Waals surface area contributed by atoms with Gasteiger partial charge in [0, 0.05) is 50.4 Å². The maximum Gasteiger partial charge on any atom is 0.252 e. The third-order valence-corrected chi connectivity index (χ3v) is 9.88. The van der Waals surface area contributed by atoms with Gasteiger partial charge in [0.1, 0.15) is 17.3 Å². The monoisotopic (exact) mass is 621 g/mol. The van der Waals surface area contributed by atoms with Crippen LogP contribution in [-0.4, -0.2) is 11.3 Å². The average molecular weight is 621 g/mol. The van der Waals surface area contributed by atoms with Crippen LogP contribution in [0, 0.1) is 11.6 Å². The van der Waals surface area contributed by atoms with Crippen LogP contribution in [0.2, 0.25) is 0 Å². The highest BCUT2D eigenvalue weighted by Gasteiger charge is 2.43. The van der Waals surface area contributed by atoms with Gasteiger partial charge in [0.05, 0.1) is 5.52 Å². The topological polar surface area (TPSA) is 11.4 Å². The van der Waals surface area contributed by atoms with Crippen molar-refractivity contribution in [2.45, 2.75) is 0 Å². The first-order valence-corrected chi connectivity index (χ1v) is 16.1. The van der Waals surface area contributed by atoms with Gasteiger partial charge in [-0.3, -0.25) is 0 Å². The highest BCUT2D eigenvalue weighted by atomic mass is 19.1. The zero-order valence-electron chi connectivity index (χ0n) is 25.7. The fourth-order valence-electron chi connectivity index (χ4n) is 8.02. The Hall–Kier alpha value is -6.14. The van der Waals surface area contributed by atoms with Gasteiger partial charge in [-0.2, -0.15) is 0 Å². The van der Waals surface area contributed by atoms with E-state index in [-0.39, 0.29) is 12.4 Å². The van der Waals surface area contributed by atoms with Crippen LogP contribution in [0.4, 0.5) is 42.9 Å². The fraction of sp³-hybridized carbons (Fsp3) is 0. The third kappa shape index (κ3) is 3.68. The quantitative estimate of drug-likeness (QED) is 0.182. The lowest BCUT2D eigenvalue weighted by Gasteiger charge is -2.41. The number of rotatable bonds is 4. The van der Waals surface area contributed by atoms with E-state index in [1.807, 2.05) is 48.5 Å². The number of hydrogen-bond donors (Lipinski definition) is 0. The van der Waals surface area contributed by atoms with Gasteiger partial charge in [-0.05, 0) is 83.1 Å². The minimum Gasteiger partial charge on any atom is -0.310 e. The van der Waals surface area contributed by atoms with Crippen molar-refractivity contribution in [3.8, 4) is 5.69 Å². The van der Waals surface area contributed by atoms with Gasteiger partial charge in [0.2, 0.25) is 0 Å². The van der Waals surface area contributed by atoms with E-state index in [9.17, 15) is 0 Å². The summed E-state index contributed by atoms with van der Waals surface area (Å²) in [6, 6.07) is 51.9. The normalized spacial score (nSPS) is 12.7. The van der Waals surface area contributed by atoms with E-state index < -0.39 is 11.6 Å². The zero-order valence-corrected chi connectivity index (χ0v) is 25.7. The van der Waals surface area contributed by atoms with Gasteiger partial charge in [0.25, 0.3) is 6.71 Å². The Bertz CT molecular complexity index is 2500. The number of anilines is 6. The molecule has 0 aliphatic carbocycles. The molecule has 1 aromatic heterocycles. The van der Waals surface area contributed by atoms with Gasteiger partial charge in [-0.25, -0.2) is 8.78 Å². The zero-order chi connectivity index (χ0) is 31.9. The van der Waals surface area contributed by atoms with Crippen molar-refractivity contribution < 1.29 is 8.78 Å². The van der Waals surface area contributed by atoms with Crippen LogP contribution in [0.15, 0.2) is 158 Å². The Morgan fingerprint density at radius 1 is 0.479 bits per heavy atom. The molecule has 0 amide bonds. The number of aromatic nitrogens is 1. The first-order chi connectivity index (χ1) is 23.7. The van der Waals surface area contributed by atoms with Crippen molar-refractivity contribution >= 4 is 79.0 Å². The SMILES string of the molecule is Fc1cccc(F)c1N1c2cc(N(c3ccccc3)c3ccccc3)ccc2B2c3c1cccc3-n1c3ccccc3c3cccc2c31. The lowest BCUT2D eigenvalue weighted by molar-refractivity contribution is 0.586. The molecule has 226 valence electrons. The highest BCUT2D eigenvalue weighted by Crippen LogP contribution is 2.45. The predicted octanol–water partition coefficient (Wildman–Crippen LogP) is 9.14. The lowest BCUT2D eigenvalue weighted by Crippen LogP contribution is -2.60. The maximum atomic E-state index is 16.0. The summed E-state index contributed by atoms with van der Waals surface area (Å²) in [6.07, 6.45) is 0. The molecule has 48 heavy (non-hydrogen) atoms. The summed E-state index contributed by atoms with van der Waals surface area (Å²) in [4.78, 5) is 3.98. The minimum absolute atomic E-state index is 0.0879. The molecule has 0 saturated carbocycles. The van der Waals surface area contributed by atoms with Crippen LogP contribution in [-0.2, 0) is 0 Å². The van der Waals surface area contributed by atoms with Crippen LogP contribution in [0.1, 0.15) is 0 Å². The first-order valence-electron chi connectivity index (χ1n) is 16.1. The van der Waals surface area contributed by atoms with Gasteiger partial charge in [-0.15, -0.1) is 0 Å². The molecule has 0 N–H and O–H groups in total. The molecule has 0 saturated heterocycles. The molecule has 2 aliphatic heterocycles.